The van der Waals surface area contributed by atoms with Crippen molar-refractivity contribution in [2.45, 2.75) is 5.66 Å². The summed E-state index contributed by atoms with van der Waals surface area (Å²) >= 11 is 0. The predicted molar refractivity (Wildman–Crippen MR) is 102 cm³/mol. The third kappa shape index (κ3) is 2.89. The number of hydrogen-bond donors (Lipinski definition) is 2. The molecule has 1 unspecified atom stereocenters. The molecule has 1 atom stereocenters. The maximum atomic E-state index is 10.1. The van der Waals surface area contributed by atoms with Crippen LogP contribution in [0.5, 0.6) is 0 Å². The Kier molecular flexibility index (Phi) is 4.29. The molecule has 4 rings (SSSR count). The lowest BCUT2D eigenvalue weighted by Crippen LogP contribution is -2.47. The monoisotopic (exact) mass is 342 g/mol. The van der Waals surface area contributed by atoms with Crippen LogP contribution in [0.1, 0.15) is 16.8 Å². The number of hydrazone groups is 1. The number of rotatable bonds is 4. The Morgan fingerprint density at radius 3 is 1.96 bits per heavy atom. The van der Waals surface area contributed by atoms with Crippen LogP contribution in [0.25, 0.3) is 0 Å². The van der Waals surface area contributed by atoms with E-state index in [9.17, 15) is 5.11 Å². The van der Waals surface area contributed by atoms with Crippen LogP contribution in [0.2, 0.25) is 0 Å². The third-order valence-corrected chi connectivity index (χ3v) is 4.29. The zero-order chi connectivity index (χ0) is 17.8. The van der Waals surface area contributed by atoms with Crippen LogP contribution < -0.4 is 5.43 Å². The Hall–Kier alpha value is -3.31. The summed E-state index contributed by atoms with van der Waals surface area (Å²) in [4.78, 5) is 9.26. The molecule has 0 spiro atoms. The number of aromatic nitrogens is 1. The molecule has 128 valence electrons. The molecule has 26 heavy (non-hydrogen) atoms. The van der Waals surface area contributed by atoms with Crippen molar-refractivity contribution in [1.82, 2.24) is 10.4 Å². The first-order valence-electron chi connectivity index (χ1n) is 8.41. The summed E-state index contributed by atoms with van der Waals surface area (Å²) in [7, 11) is 0. The van der Waals surface area contributed by atoms with Crippen molar-refractivity contribution in [1.29, 1.82) is 0 Å². The van der Waals surface area contributed by atoms with Crippen molar-refractivity contribution in [3.8, 4) is 0 Å². The molecule has 1 aliphatic heterocycles. The third-order valence-electron chi connectivity index (χ3n) is 4.29. The zero-order valence-electron chi connectivity index (χ0n) is 14.1. The number of aliphatic hydroxyl groups is 1. The number of aliphatic imine (C=N–C) groups is 1. The van der Waals surface area contributed by atoms with E-state index < -0.39 is 5.66 Å². The fraction of sp³-hybridized carbons (Fsp3) is 0.0952. The summed E-state index contributed by atoms with van der Waals surface area (Å²) in [6, 6.07) is 25.3. The number of pyridine rings is 1. The smallest absolute Gasteiger partial charge is 0.210 e. The van der Waals surface area contributed by atoms with Gasteiger partial charge in [-0.3, -0.25) is 10.4 Å². The molecule has 2 heterocycles. The highest BCUT2D eigenvalue weighted by Gasteiger charge is 2.37. The molecule has 3 aromatic rings. The molecular weight excluding hydrogens is 324 g/mol. The Morgan fingerprint density at radius 1 is 0.769 bits per heavy atom. The quantitative estimate of drug-likeness (QED) is 0.766. The highest BCUT2D eigenvalue weighted by atomic mass is 16.3. The summed E-state index contributed by atoms with van der Waals surface area (Å²) in [6.07, 6.45) is 1.68. The molecule has 2 aromatic carbocycles. The van der Waals surface area contributed by atoms with Crippen molar-refractivity contribution in [3.63, 3.8) is 0 Å². The average Bonchev–Trinajstić information content (AvgIpc) is 2.75. The van der Waals surface area contributed by atoms with Gasteiger partial charge in [0.25, 0.3) is 0 Å². The number of hydrogen-bond acceptors (Lipinski definition) is 5. The largest absolute Gasteiger partial charge is 0.391 e. The summed E-state index contributed by atoms with van der Waals surface area (Å²) in [5.41, 5.74) is 5.89. The van der Waals surface area contributed by atoms with Crippen molar-refractivity contribution >= 4 is 11.4 Å². The van der Waals surface area contributed by atoms with E-state index in [0.29, 0.717) is 5.69 Å². The molecule has 5 nitrogen and oxygen atoms in total. The summed E-state index contributed by atoms with van der Waals surface area (Å²) in [5, 5.41) is 14.7. The molecule has 2 N–H and O–H groups in total. The maximum Gasteiger partial charge on any atom is 0.210 e. The van der Waals surface area contributed by atoms with Crippen LogP contribution >= 0.6 is 0 Å². The van der Waals surface area contributed by atoms with Gasteiger partial charge in [-0.1, -0.05) is 66.7 Å². The fourth-order valence-electron chi connectivity index (χ4n) is 2.94. The van der Waals surface area contributed by atoms with Crippen LogP contribution in [0, 0.1) is 0 Å². The molecule has 0 aliphatic carbocycles. The Bertz CT molecular complexity index is 940. The lowest BCUT2D eigenvalue weighted by Gasteiger charge is -2.32. The second-order valence-electron chi connectivity index (χ2n) is 6.00. The molecule has 0 amide bonds. The van der Waals surface area contributed by atoms with E-state index in [1.165, 1.54) is 0 Å². The molecule has 1 aliphatic rings. The summed E-state index contributed by atoms with van der Waals surface area (Å²) in [6.45, 7) is -0.258. The zero-order valence-corrected chi connectivity index (χ0v) is 14.1. The summed E-state index contributed by atoms with van der Waals surface area (Å²) in [5.74, 6) is 0. The van der Waals surface area contributed by atoms with Crippen LogP contribution in [-0.2, 0) is 5.66 Å². The van der Waals surface area contributed by atoms with Gasteiger partial charge in [0.05, 0.1) is 18.0 Å². The van der Waals surface area contributed by atoms with Gasteiger partial charge in [0, 0.05) is 17.3 Å². The van der Waals surface area contributed by atoms with Gasteiger partial charge in [0.1, 0.15) is 5.71 Å². The second-order valence-corrected chi connectivity index (χ2v) is 6.00. The number of nitrogens with zero attached hydrogens (tertiary/aromatic N) is 3. The van der Waals surface area contributed by atoms with Crippen molar-refractivity contribution < 1.29 is 5.11 Å². The SMILES string of the molecule is OCC1(c2ccccn2)N=C(c2ccccc2)C(c2ccccc2)=NN1. The Morgan fingerprint density at radius 2 is 1.38 bits per heavy atom. The Labute approximate surface area is 151 Å². The number of nitrogens with one attached hydrogen (secondary N) is 1. The second kappa shape index (κ2) is 6.90. The molecular formula is C21H18N4O. The van der Waals surface area contributed by atoms with Gasteiger partial charge in [-0.15, -0.1) is 0 Å². The van der Waals surface area contributed by atoms with Gasteiger partial charge in [-0.2, -0.15) is 5.10 Å². The molecule has 0 fully saturated rings. The van der Waals surface area contributed by atoms with Gasteiger partial charge >= 0.3 is 0 Å². The minimum Gasteiger partial charge on any atom is -0.391 e. The van der Waals surface area contributed by atoms with E-state index in [0.717, 1.165) is 22.6 Å². The molecule has 0 bridgehead atoms. The first-order valence-corrected chi connectivity index (χ1v) is 8.41. The van der Waals surface area contributed by atoms with E-state index >= 15 is 0 Å². The van der Waals surface area contributed by atoms with E-state index in [-0.39, 0.29) is 6.61 Å². The standard InChI is InChI=1S/C21H18N4O/c26-15-21(18-13-7-8-14-22-18)23-19(16-9-3-1-4-10-16)20(24-25-21)17-11-5-2-6-12-17/h1-14,25-26H,15H2. The van der Waals surface area contributed by atoms with Gasteiger partial charge in [0.15, 0.2) is 0 Å². The number of aliphatic hydroxyl groups excluding tert-OH is 1. The topological polar surface area (TPSA) is 69.9 Å². The molecule has 0 saturated carbocycles. The minimum absolute atomic E-state index is 0.258. The van der Waals surface area contributed by atoms with Crippen LogP contribution in [-0.4, -0.2) is 28.1 Å². The van der Waals surface area contributed by atoms with Gasteiger partial charge in [-0.25, -0.2) is 4.99 Å². The first-order chi connectivity index (χ1) is 12.8. The van der Waals surface area contributed by atoms with Crippen LogP contribution in [0.3, 0.4) is 0 Å². The molecule has 5 heteroatoms. The lowest BCUT2D eigenvalue weighted by atomic mass is 9.97. The fourth-order valence-corrected chi connectivity index (χ4v) is 2.94. The lowest BCUT2D eigenvalue weighted by molar-refractivity contribution is 0.164. The molecule has 0 saturated heterocycles. The molecule has 0 radical (unpaired) electrons. The van der Waals surface area contributed by atoms with E-state index in [2.05, 4.69) is 15.5 Å². The summed E-state index contributed by atoms with van der Waals surface area (Å²) < 4.78 is 0. The highest BCUT2D eigenvalue weighted by Crippen LogP contribution is 2.26. The normalized spacial score (nSPS) is 19.3. The van der Waals surface area contributed by atoms with E-state index in [4.69, 9.17) is 4.99 Å². The predicted octanol–water partition coefficient (Wildman–Crippen LogP) is 2.72. The number of benzene rings is 2. The average molecular weight is 342 g/mol. The van der Waals surface area contributed by atoms with E-state index in [1.807, 2.05) is 78.9 Å². The van der Waals surface area contributed by atoms with Crippen LogP contribution in [0.15, 0.2) is 95.2 Å². The Balaban J connectivity index is 1.88. The van der Waals surface area contributed by atoms with E-state index in [1.54, 1.807) is 6.20 Å². The van der Waals surface area contributed by atoms with Crippen molar-refractivity contribution in [2.75, 3.05) is 6.61 Å². The van der Waals surface area contributed by atoms with Crippen molar-refractivity contribution in [3.05, 3.63) is 102 Å². The first kappa shape index (κ1) is 16.2. The van der Waals surface area contributed by atoms with Gasteiger partial charge < -0.3 is 5.11 Å². The minimum atomic E-state index is -1.11. The van der Waals surface area contributed by atoms with Crippen LogP contribution in [0.4, 0.5) is 0 Å². The van der Waals surface area contributed by atoms with Gasteiger partial charge in [0.2, 0.25) is 5.66 Å². The maximum absolute atomic E-state index is 10.1. The van der Waals surface area contributed by atoms with Crippen molar-refractivity contribution in [2.24, 2.45) is 10.1 Å². The highest BCUT2D eigenvalue weighted by molar-refractivity contribution is 6.53. The molecule has 1 aromatic heterocycles. The van der Waals surface area contributed by atoms with Gasteiger partial charge in [-0.05, 0) is 12.1 Å².